The number of nitrogens with zero attached hydrogens (tertiary/aromatic N) is 1. The van der Waals surface area contributed by atoms with Gasteiger partial charge in [-0.15, -0.1) is 0 Å². The minimum absolute atomic E-state index is 0.159. The molecule has 0 saturated carbocycles. The SMILES string of the molecule is NC1CN(CC(=O)NC(=O)c2ccc[nH]2)C1. The third kappa shape index (κ3) is 2.47. The molecule has 1 aromatic heterocycles. The molecule has 2 rings (SSSR count). The number of hydrogen-bond acceptors (Lipinski definition) is 4. The molecule has 1 fully saturated rings. The quantitative estimate of drug-likeness (QED) is 0.606. The molecule has 4 N–H and O–H groups in total. The lowest BCUT2D eigenvalue weighted by Gasteiger charge is -2.35. The molecular formula is C10H14N4O2. The summed E-state index contributed by atoms with van der Waals surface area (Å²) < 4.78 is 0. The van der Waals surface area contributed by atoms with Crippen LogP contribution in [-0.4, -0.2) is 47.4 Å². The largest absolute Gasteiger partial charge is 0.357 e. The molecule has 2 amide bonds. The Kier molecular flexibility index (Phi) is 3.02. The number of amides is 2. The first-order valence-electron chi connectivity index (χ1n) is 5.10. The molecular weight excluding hydrogens is 208 g/mol. The fourth-order valence-electron chi connectivity index (χ4n) is 1.65. The highest BCUT2D eigenvalue weighted by Crippen LogP contribution is 2.03. The number of carbonyl (C=O) groups excluding carboxylic acids is 2. The first-order chi connectivity index (χ1) is 7.65. The predicted molar refractivity (Wildman–Crippen MR) is 57.7 cm³/mol. The van der Waals surface area contributed by atoms with E-state index in [4.69, 9.17) is 5.73 Å². The zero-order valence-corrected chi connectivity index (χ0v) is 8.77. The second-order valence-corrected chi connectivity index (χ2v) is 3.92. The Hall–Kier alpha value is -1.66. The van der Waals surface area contributed by atoms with Crippen molar-refractivity contribution in [1.29, 1.82) is 0 Å². The van der Waals surface area contributed by atoms with Gasteiger partial charge in [0, 0.05) is 25.3 Å². The van der Waals surface area contributed by atoms with E-state index in [1.54, 1.807) is 18.3 Å². The van der Waals surface area contributed by atoms with E-state index in [-0.39, 0.29) is 18.5 Å². The molecule has 1 aliphatic heterocycles. The zero-order chi connectivity index (χ0) is 11.5. The van der Waals surface area contributed by atoms with E-state index < -0.39 is 5.91 Å². The molecule has 2 heterocycles. The third-order valence-corrected chi connectivity index (χ3v) is 2.45. The average Bonchev–Trinajstić information content (AvgIpc) is 2.67. The second-order valence-electron chi connectivity index (χ2n) is 3.92. The highest BCUT2D eigenvalue weighted by atomic mass is 16.2. The predicted octanol–water partition coefficient (Wildman–Crippen LogP) is -1.09. The van der Waals surface area contributed by atoms with Crippen molar-refractivity contribution >= 4 is 11.8 Å². The van der Waals surface area contributed by atoms with Crippen LogP contribution >= 0.6 is 0 Å². The number of imide groups is 1. The number of nitrogens with one attached hydrogen (secondary N) is 2. The standard InChI is InChI=1S/C10H14N4O2/c11-7-4-14(5-7)6-9(15)13-10(16)8-2-1-3-12-8/h1-3,7,12H,4-6,11H2,(H,13,15,16). The molecule has 0 unspecified atom stereocenters. The first kappa shape index (κ1) is 10.8. The lowest BCUT2D eigenvalue weighted by Crippen LogP contribution is -2.58. The van der Waals surface area contributed by atoms with Gasteiger partial charge in [0.05, 0.1) is 6.54 Å². The highest BCUT2D eigenvalue weighted by Gasteiger charge is 2.25. The lowest BCUT2D eigenvalue weighted by atomic mass is 10.1. The first-order valence-corrected chi connectivity index (χ1v) is 5.10. The van der Waals surface area contributed by atoms with Gasteiger partial charge in [0.25, 0.3) is 5.91 Å². The van der Waals surface area contributed by atoms with Crippen molar-refractivity contribution in [2.75, 3.05) is 19.6 Å². The molecule has 86 valence electrons. The van der Waals surface area contributed by atoms with Crippen molar-refractivity contribution in [3.05, 3.63) is 24.0 Å². The number of nitrogens with two attached hydrogens (primary N) is 1. The van der Waals surface area contributed by atoms with E-state index in [2.05, 4.69) is 10.3 Å². The molecule has 0 aromatic carbocycles. The van der Waals surface area contributed by atoms with Gasteiger partial charge in [-0.3, -0.25) is 19.8 Å². The van der Waals surface area contributed by atoms with Crippen LogP contribution in [0.5, 0.6) is 0 Å². The van der Waals surface area contributed by atoms with E-state index >= 15 is 0 Å². The number of likely N-dealkylation sites (tertiary alicyclic amines) is 1. The lowest BCUT2D eigenvalue weighted by molar-refractivity contribution is -0.122. The van der Waals surface area contributed by atoms with Gasteiger partial charge in [0.2, 0.25) is 5.91 Å². The number of aromatic nitrogens is 1. The Labute approximate surface area is 92.8 Å². The van der Waals surface area contributed by atoms with E-state index in [1.807, 2.05) is 4.90 Å². The molecule has 1 aromatic rings. The van der Waals surface area contributed by atoms with Crippen molar-refractivity contribution in [2.24, 2.45) is 5.73 Å². The number of H-pyrrole nitrogens is 1. The summed E-state index contributed by atoms with van der Waals surface area (Å²) in [6, 6.07) is 3.47. The average molecular weight is 222 g/mol. The summed E-state index contributed by atoms with van der Waals surface area (Å²) in [5.41, 5.74) is 5.96. The Morgan fingerprint density at radius 1 is 1.56 bits per heavy atom. The maximum absolute atomic E-state index is 11.5. The van der Waals surface area contributed by atoms with Crippen LogP contribution in [0.2, 0.25) is 0 Å². The van der Waals surface area contributed by atoms with E-state index in [9.17, 15) is 9.59 Å². The third-order valence-electron chi connectivity index (χ3n) is 2.45. The van der Waals surface area contributed by atoms with E-state index in [0.29, 0.717) is 18.8 Å². The summed E-state index contributed by atoms with van der Waals surface area (Å²) in [6.07, 6.45) is 1.63. The Morgan fingerprint density at radius 3 is 2.88 bits per heavy atom. The molecule has 16 heavy (non-hydrogen) atoms. The van der Waals surface area contributed by atoms with Crippen LogP contribution in [-0.2, 0) is 4.79 Å². The van der Waals surface area contributed by atoms with Gasteiger partial charge in [-0.25, -0.2) is 0 Å². The van der Waals surface area contributed by atoms with Crippen molar-refractivity contribution in [3.8, 4) is 0 Å². The van der Waals surface area contributed by atoms with Crippen LogP contribution in [0.15, 0.2) is 18.3 Å². The number of carbonyl (C=O) groups is 2. The van der Waals surface area contributed by atoms with Gasteiger partial charge in [0.15, 0.2) is 0 Å². The van der Waals surface area contributed by atoms with Crippen molar-refractivity contribution in [3.63, 3.8) is 0 Å². The summed E-state index contributed by atoms with van der Waals surface area (Å²) in [7, 11) is 0. The Morgan fingerprint density at radius 2 is 2.31 bits per heavy atom. The van der Waals surface area contributed by atoms with Crippen LogP contribution in [0.3, 0.4) is 0 Å². The minimum atomic E-state index is -0.403. The molecule has 1 saturated heterocycles. The van der Waals surface area contributed by atoms with Gasteiger partial charge in [-0.05, 0) is 12.1 Å². The Bertz CT molecular complexity index is 382. The zero-order valence-electron chi connectivity index (χ0n) is 8.77. The van der Waals surface area contributed by atoms with Crippen LogP contribution in [0.1, 0.15) is 10.5 Å². The molecule has 6 nitrogen and oxygen atoms in total. The second kappa shape index (κ2) is 4.46. The minimum Gasteiger partial charge on any atom is -0.357 e. The van der Waals surface area contributed by atoms with Crippen molar-refractivity contribution in [1.82, 2.24) is 15.2 Å². The maximum Gasteiger partial charge on any atom is 0.274 e. The number of rotatable bonds is 3. The highest BCUT2D eigenvalue weighted by molar-refractivity contribution is 6.04. The van der Waals surface area contributed by atoms with Crippen molar-refractivity contribution in [2.45, 2.75) is 6.04 Å². The van der Waals surface area contributed by atoms with Gasteiger partial charge in [-0.2, -0.15) is 0 Å². The monoisotopic (exact) mass is 222 g/mol. The summed E-state index contributed by atoms with van der Waals surface area (Å²) in [4.78, 5) is 27.5. The maximum atomic E-state index is 11.5. The summed E-state index contributed by atoms with van der Waals surface area (Å²) in [5.74, 6) is -0.702. The van der Waals surface area contributed by atoms with Gasteiger partial charge in [-0.1, -0.05) is 0 Å². The van der Waals surface area contributed by atoms with Crippen LogP contribution in [0.25, 0.3) is 0 Å². The number of aromatic amines is 1. The summed E-state index contributed by atoms with van der Waals surface area (Å²) in [6.45, 7) is 1.65. The fraction of sp³-hybridized carbons (Fsp3) is 0.400. The molecule has 0 bridgehead atoms. The van der Waals surface area contributed by atoms with E-state index in [1.165, 1.54) is 0 Å². The van der Waals surface area contributed by atoms with E-state index in [0.717, 1.165) is 0 Å². The summed E-state index contributed by atoms with van der Waals surface area (Å²) >= 11 is 0. The smallest absolute Gasteiger partial charge is 0.274 e. The number of hydrogen-bond donors (Lipinski definition) is 3. The van der Waals surface area contributed by atoms with Gasteiger partial charge >= 0.3 is 0 Å². The molecule has 0 radical (unpaired) electrons. The van der Waals surface area contributed by atoms with Crippen LogP contribution in [0.4, 0.5) is 0 Å². The molecule has 0 spiro atoms. The molecule has 0 aliphatic carbocycles. The van der Waals surface area contributed by atoms with Gasteiger partial charge in [0.1, 0.15) is 5.69 Å². The topological polar surface area (TPSA) is 91.2 Å². The Balaban J connectivity index is 1.77. The van der Waals surface area contributed by atoms with Gasteiger partial charge < -0.3 is 10.7 Å². The molecule has 0 atom stereocenters. The molecule has 1 aliphatic rings. The van der Waals surface area contributed by atoms with Crippen molar-refractivity contribution < 1.29 is 9.59 Å². The molecule has 6 heteroatoms. The van der Waals surface area contributed by atoms with Crippen LogP contribution in [0, 0.1) is 0 Å². The fourth-order valence-corrected chi connectivity index (χ4v) is 1.65. The normalized spacial score (nSPS) is 16.8. The summed E-state index contributed by atoms with van der Waals surface area (Å²) in [5, 5.41) is 2.30. The van der Waals surface area contributed by atoms with Crippen LogP contribution < -0.4 is 11.1 Å².